The molecule has 1 atom stereocenters. The molecule has 0 fully saturated rings. The van der Waals surface area contributed by atoms with E-state index in [-0.39, 0.29) is 5.41 Å². The van der Waals surface area contributed by atoms with Crippen LogP contribution in [-0.4, -0.2) is 31.7 Å². The third-order valence-corrected chi connectivity index (χ3v) is 6.33. The van der Waals surface area contributed by atoms with Crippen molar-refractivity contribution in [3.05, 3.63) is 66.2 Å². The van der Waals surface area contributed by atoms with Crippen LogP contribution in [-0.2, 0) is 10.2 Å². The first-order valence-corrected chi connectivity index (χ1v) is 10.3. The summed E-state index contributed by atoms with van der Waals surface area (Å²) in [6.07, 6.45) is 2.01. The zero-order chi connectivity index (χ0) is 20.1. The van der Waals surface area contributed by atoms with Gasteiger partial charge in [-0.15, -0.1) is 0 Å². The Morgan fingerprint density at radius 2 is 1.79 bits per heavy atom. The maximum Gasteiger partial charge on any atom is 0.228 e. The summed E-state index contributed by atoms with van der Waals surface area (Å²) in [4.78, 5) is 7.30. The van der Waals surface area contributed by atoms with Gasteiger partial charge in [0.05, 0.1) is 18.2 Å². The summed E-state index contributed by atoms with van der Waals surface area (Å²) in [5.74, 6) is 0.827. The fraction of sp³-hybridized carbons (Fsp3) is 0.320. The van der Waals surface area contributed by atoms with E-state index in [0.717, 1.165) is 23.4 Å². The van der Waals surface area contributed by atoms with E-state index in [9.17, 15) is 0 Å². The molecule has 29 heavy (non-hydrogen) atoms. The van der Waals surface area contributed by atoms with E-state index in [1.807, 2.05) is 19.2 Å². The second-order valence-electron chi connectivity index (χ2n) is 8.18. The Bertz CT molecular complexity index is 1100. The number of benzene rings is 3. The molecule has 0 aromatic heterocycles. The molecule has 5 rings (SSSR count). The summed E-state index contributed by atoms with van der Waals surface area (Å²) >= 11 is 0. The smallest absolute Gasteiger partial charge is 0.228 e. The van der Waals surface area contributed by atoms with Crippen LogP contribution in [0.4, 0.5) is 11.4 Å². The van der Waals surface area contributed by atoms with Crippen molar-refractivity contribution in [3.8, 4) is 5.75 Å². The molecule has 0 saturated carbocycles. The summed E-state index contributed by atoms with van der Waals surface area (Å²) in [7, 11) is 0. The highest BCUT2D eigenvalue weighted by Gasteiger charge is 2.59. The quantitative estimate of drug-likeness (QED) is 0.558. The predicted octanol–water partition coefficient (Wildman–Crippen LogP) is 5.47. The van der Waals surface area contributed by atoms with Gasteiger partial charge in [-0.3, -0.25) is 4.99 Å². The minimum atomic E-state index is -0.691. The molecule has 2 aliphatic heterocycles. The SMILES string of the molecule is CCOCCN1c2ccccc2C(C)(C)C12C=Nc1c(ccc3ccccc13)O2. The number of para-hydroxylation sites is 1. The van der Waals surface area contributed by atoms with E-state index in [1.54, 1.807) is 0 Å². The Hall–Kier alpha value is -2.85. The maximum absolute atomic E-state index is 6.85. The number of rotatable bonds is 4. The van der Waals surface area contributed by atoms with E-state index in [1.165, 1.54) is 16.6 Å². The predicted molar refractivity (Wildman–Crippen MR) is 119 cm³/mol. The lowest BCUT2D eigenvalue weighted by atomic mass is 9.77. The van der Waals surface area contributed by atoms with Crippen molar-refractivity contribution in [1.29, 1.82) is 0 Å². The third-order valence-electron chi connectivity index (χ3n) is 6.33. The van der Waals surface area contributed by atoms with Gasteiger partial charge in [-0.05, 0) is 43.9 Å². The summed E-state index contributed by atoms with van der Waals surface area (Å²) in [6.45, 7) is 8.59. The highest BCUT2D eigenvalue weighted by molar-refractivity contribution is 5.99. The summed E-state index contributed by atoms with van der Waals surface area (Å²) in [5.41, 5.74) is 2.40. The molecule has 0 saturated heterocycles. The van der Waals surface area contributed by atoms with Crippen molar-refractivity contribution in [3.63, 3.8) is 0 Å². The monoisotopic (exact) mass is 386 g/mol. The standard InChI is InChI=1S/C25H26N2O2/c1-4-28-16-15-27-21-12-8-7-11-20(21)24(2,3)25(27)17-26-23-19-10-6-5-9-18(19)13-14-22(23)29-25/h5-14,17H,4,15-16H2,1-3H3. The van der Waals surface area contributed by atoms with Crippen LogP contribution in [0.25, 0.3) is 10.8 Å². The highest BCUT2D eigenvalue weighted by Crippen LogP contribution is 2.54. The van der Waals surface area contributed by atoms with Gasteiger partial charge in [-0.2, -0.15) is 0 Å². The van der Waals surface area contributed by atoms with Gasteiger partial charge in [0.15, 0.2) is 0 Å². The van der Waals surface area contributed by atoms with Gasteiger partial charge in [-0.25, -0.2) is 0 Å². The van der Waals surface area contributed by atoms with Crippen molar-refractivity contribution in [2.75, 3.05) is 24.7 Å². The molecule has 0 aliphatic carbocycles. The number of nitrogens with zero attached hydrogens (tertiary/aromatic N) is 2. The Balaban J connectivity index is 1.65. The summed E-state index contributed by atoms with van der Waals surface area (Å²) < 4.78 is 12.5. The van der Waals surface area contributed by atoms with E-state index >= 15 is 0 Å². The van der Waals surface area contributed by atoms with Crippen LogP contribution in [0.2, 0.25) is 0 Å². The molecule has 0 bridgehead atoms. The zero-order valence-corrected chi connectivity index (χ0v) is 17.2. The van der Waals surface area contributed by atoms with Crippen LogP contribution in [0.1, 0.15) is 26.3 Å². The topological polar surface area (TPSA) is 34.1 Å². The second-order valence-corrected chi connectivity index (χ2v) is 8.18. The lowest BCUT2D eigenvalue weighted by Gasteiger charge is -2.46. The number of fused-ring (bicyclic) bond motifs is 4. The summed E-state index contributed by atoms with van der Waals surface area (Å²) in [5, 5.41) is 2.29. The average molecular weight is 386 g/mol. The largest absolute Gasteiger partial charge is 0.459 e. The molecule has 2 heterocycles. The number of aliphatic imine (C=N–C) groups is 1. The van der Waals surface area contributed by atoms with Crippen molar-refractivity contribution in [2.24, 2.45) is 4.99 Å². The normalized spacial score (nSPS) is 21.3. The van der Waals surface area contributed by atoms with Crippen LogP contribution in [0.3, 0.4) is 0 Å². The number of ether oxygens (including phenoxy) is 2. The number of hydrogen-bond acceptors (Lipinski definition) is 4. The molecule has 1 spiro atoms. The van der Waals surface area contributed by atoms with Gasteiger partial charge in [-0.1, -0.05) is 48.5 Å². The zero-order valence-electron chi connectivity index (χ0n) is 17.2. The first-order valence-electron chi connectivity index (χ1n) is 10.3. The molecular formula is C25H26N2O2. The third kappa shape index (κ3) is 2.52. The van der Waals surface area contributed by atoms with Gasteiger partial charge >= 0.3 is 0 Å². The molecule has 148 valence electrons. The van der Waals surface area contributed by atoms with Gasteiger partial charge in [0.25, 0.3) is 0 Å². The first kappa shape index (κ1) is 18.2. The molecule has 0 amide bonds. The average Bonchev–Trinajstić information content (AvgIpc) is 2.92. The van der Waals surface area contributed by atoms with Crippen molar-refractivity contribution in [2.45, 2.75) is 31.9 Å². The van der Waals surface area contributed by atoms with E-state index in [4.69, 9.17) is 14.5 Å². The number of anilines is 1. The van der Waals surface area contributed by atoms with Gasteiger partial charge in [0.2, 0.25) is 5.72 Å². The van der Waals surface area contributed by atoms with Crippen LogP contribution in [0, 0.1) is 0 Å². The minimum absolute atomic E-state index is 0.275. The second kappa shape index (κ2) is 6.60. The molecule has 1 unspecified atom stereocenters. The molecule has 4 nitrogen and oxygen atoms in total. The van der Waals surface area contributed by atoms with E-state index in [2.05, 4.69) is 73.3 Å². The lowest BCUT2D eigenvalue weighted by molar-refractivity contribution is 0.0680. The van der Waals surface area contributed by atoms with Crippen LogP contribution in [0.15, 0.2) is 65.7 Å². The molecule has 0 N–H and O–H groups in total. The van der Waals surface area contributed by atoms with E-state index in [0.29, 0.717) is 13.2 Å². The fourth-order valence-corrected chi connectivity index (χ4v) is 4.74. The molecule has 3 aromatic carbocycles. The highest BCUT2D eigenvalue weighted by atomic mass is 16.5. The van der Waals surface area contributed by atoms with Crippen molar-refractivity contribution < 1.29 is 9.47 Å². The molecular weight excluding hydrogens is 360 g/mol. The minimum Gasteiger partial charge on any atom is -0.459 e. The van der Waals surface area contributed by atoms with Crippen molar-refractivity contribution in [1.82, 2.24) is 0 Å². The Morgan fingerprint density at radius 1 is 1.00 bits per heavy atom. The Kier molecular flexibility index (Phi) is 4.14. The molecule has 0 radical (unpaired) electrons. The van der Waals surface area contributed by atoms with Crippen molar-refractivity contribution >= 4 is 28.4 Å². The summed E-state index contributed by atoms with van der Waals surface area (Å²) in [6, 6.07) is 21.0. The van der Waals surface area contributed by atoms with Gasteiger partial charge in [0, 0.05) is 24.2 Å². The van der Waals surface area contributed by atoms with Crippen LogP contribution >= 0.6 is 0 Å². The maximum atomic E-state index is 6.85. The van der Waals surface area contributed by atoms with Crippen LogP contribution in [0.5, 0.6) is 5.75 Å². The van der Waals surface area contributed by atoms with Gasteiger partial charge < -0.3 is 14.4 Å². The Labute approximate surface area is 171 Å². The number of hydrogen-bond donors (Lipinski definition) is 0. The molecule has 3 aromatic rings. The first-order chi connectivity index (χ1) is 14.1. The fourth-order valence-electron chi connectivity index (χ4n) is 4.74. The molecule has 2 aliphatic rings. The van der Waals surface area contributed by atoms with Gasteiger partial charge in [0.1, 0.15) is 11.4 Å². The molecule has 4 heteroatoms. The lowest BCUT2D eigenvalue weighted by Crippen LogP contribution is -2.62. The Morgan fingerprint density at radius 3 is 2.66 bits per heavy atom. The van der Waals surface area contributed by atoms with E-state index < -0.39 is 5.72 Å². The van der Waals surface area contributed by atoms with Crippen LogP contribution < -0.4 is 9.64 Å².